The van der Waals surface area contributed by atoms with Gasteiger partial charge in [0.1, 0.15) is 0 Å². The summed E-state index contributed by atoms with van der Waals surface area (Å²) in [6.45, 7) is 6.94. The van der Waals surface area contributed by atoms with Crippen LogP contribution in [0.25, 0.3) is 0 Å². The predicted molar refractivity (Wildman–Crippen MR) is 117 cm³/mol. The number of sulfonamides is 1. The highest BCUT2D eigenvalue weighted by molar-refractivity contribution is 7.89. The normalized spacial score (nSPS) is 18.9. The van der Waals surface area contributed by atoms with Crippen LogP contribution < -0.4 is 0 Å². The van der Waals surface area contributed by atoms with Gasteiger partial charge in [0.15, 0.2) is 0 Å². The lowest BCUT2D eigenvalue weighted by atomic mass is 10.1. The molecule has 0 atom stereocenters. The van der Waals surface area contributed by atoms with E-state index in [0.29, 0.717) is 50.5 Å². The molecular weight excluding hydrogens is 398 g/mol. The summed E-state index contributed by atoms with van der Waals surface area (Å²) in [6.07, 6.45) is 1.35. The Kier molecular flexibility index (Phi) is 5.84. The number of amides is 2. The van der Waals surface area contributed by atoms with Gasteiger partial charge in [-0.05, 0) is 44.4 Å². The quantitative estimate of drug-likeness (QED) is 0.735. The Morgan fingerprint density at radius 3 is 2.27 bits per heavy atom. The van der Waals surface area contributed by atoms with E-state index < -0.39 is 10.0 Å². The summed E-state index contributed by atoms with van der Waals surface area (Å²) in [5, 5.41) is 0. The van der Waals surface area contributed by atoms with Gasteiger partial charge in [0.25, 0.3) is 0 Å². The van der Waals surface area contributed by atoms with Crippen molar-refractivity contribution in [3.63, 3.8) is 0 Å². The van der Waals surface area contributed by atoms with E-state index in [4.69, 9.17) is 0 Å². The Labute approximate surface area is 179 Å². The molecule has 2 aromatic carbocycles. The molecule has 2 fully saturated rings. The van der Waals surface area contributed by atoms with Gasteiger partial charge in [-0.2, -0.15) is 4.31 Å². The molecule has 0 spiro atoms. The average Bonchev–Trinajstić information content (AvgIpc) is 3.09. The van der Waals surface area contributed by atoms with Crippen LogP contribution in [0.3, 0.4) is 0 Å². The van der Waals surface area contributed by atoms with Gasteiger partial charge in [0.05, 0.1) is 4.90 Å². The molecular formula is C23H29N3O3S. The van der Waals surface area contributed by atoms with Crippen molar-refractivity contribution in [3.05, 3.63) is 65.2 Å². The van der Waals surface area contributed by atoms with E-state index in [1.54, 1.807) is 16.4 Å². The van der Waals surface area contributed by atoms with Crippen LogP contribution in [0.4, 0.5) is 4.79 Å². The van der Waals surface area contributed by atoms with E-state index >= 15 is 0 Å². The number of aryl methyl sites for hydroxylation is 2. The number of urea groups is 1. The second-order valence-electron chi connectivity index (χ2n) is 8.33. The molecule has 0 bridgehead atoms. The maximum absolute atomic E-state index is 12.9. The molecule has 160 valence electrons. The average molecular weight is 428 g/mol. The lowest BCUT2D eigenvalue weighted by Crippen LogP contribution is -2.47. The highest BCUT2D eigenvalue weighted by atomic mass is 32.2. The van der Waals surface area contributed by atoms with E-state index in [0.717, 1.165) is 11.1 Å². The van der Waals surface area contributed by atoms with Crippen LogP contribution >= 0.6 is 0 Å². The summed E-state index contributed by atoms with van der Waals surface area (Å²) in [7, 11) is -3.48. The molecule has 0 aromatic heterocycles. The van der Waals surface area contributed by atoms with Crippen LogP contribution in [0.15, 0.2) is 53.4 Å². The van der Waals surface area contributed by atoms with Crippen LogP contribution in [0.1, 0.15) is 29.5 Å². The Bertz CT molecular complexity index is 1010. The first-order chi connectivity index (χ1) is 14.3. The van der Waals surface area contributed by atoms with Crippen molar-refractivity contribution < 1.29 is 13.2 Å². The first-order valence-corrected chi connectivity index (χ1v) is 12.0. The zero-order valence-corrected chi connectivity index (χ0v) is 18.4. The van der Waals surface area contributed by atoms with Gasteiger partial charge in [-0.15, -0.1) is 0 Å². The summed E-state index contributed by atoms with van der Waals surface area (Å²) in [6, 6.07) is 15.4. The molecule has 0 saturated carbocycles. The van der Waals surface area contributed by atoms with Gasteiger partial charge < -0.3 is 9.80 Å². The zero-order valence-electron chi connectivity index (χ0n) is 17.6. The fourth-order valence-corrected chi connectivity index (χ4v) is 5.84. The lowest BCUT2D eigenvalue weighted by Gasteiger charge is -2.35. The van der Waals surface area contributed by atoms with Gasteiger partial charge in [0, 0.05) is 38.8 Å². The molecule has 0 N–H and O–H groups in total. The Balaban J connectivity index is 1.36. The van der Waals surface area contributed by atoms with E-state index in [1.807, 2.05) is 34.9 Å². The fraction of sp³-hybridized carbons (Fsp3) is 0.435. The Hall–Kier alpha value is -2.38. The molecule has 2 aromatic rings. The summed E-state index contributed by atoms with van der Waals surface area (Å²) in [4.78, 5) is 17.1. The highest BCUT2D eigenvalue weighted by Crippen LogP contribution is 2.26. The number of carbonyl (C=O) groups is 1. The first-order valence-electron chi connectivity index (χ1n) is 10.5. The standard InChI is InChI=1S/C23H29N3O3S/c1-18-6-8-22(9-7-18)30(28,29)25-12-10-21(11-13-25)26-15-14-24(23(26)27)17-20-5-3-4-19(2)16-20/h3-9,16,21H,10-15,17H2,1-2H3. The highest BCUT2D eigenvalue weighted by Gasteiger charge is 2.37. The smallest absolute Gasteiger partial charge is 0.320 e. The molecule has 4 rings (SSSR count). The van der Waals surface area contributed by atoms with Crippen molar-refractivity contribution >= 4 is 16.1 Å². The number of rotatable bonds is 5. The largest absolute Gasteiger partial charge is 0.320 e. The summed E-state index contributed by atoms with van der Waals surface area (Å²) >= 11 is 0. The number of nitrogens with zero attached hydrogens (tertiary/aromatic N) is 3. The van der Waals surface area contributed by atoms with Crippen molar-refractivity contribution in [1.82, 2.24) is 14.1 Å². The topological polar surface area (TPSA) is 60.9 Å². The van der Waals surface area contributed by atoms with Crippen molar-refractivity contribution in [1.29, 1.82) is 0 Å². The third-order valence-corrected chi connectivity index (χ3v) is 8.02. The molecule has 0 unspecified atom stereocenters. The van der Waals surface area contributed by atoms with E-state index in [2.05, 4.69) is 25.1 Å². The van der Waals surface area contributed by atoms with Gasteiger partial charge in [-0.25, -0.2) is 13.2 Å². The monoisotopic (exact) mass is 427 g/mol. The molecule has 30 heavy (non-hydrogen) atoms. The minimum absolute atomic E-state index is 0.0661. The van der Waals surface area contributed by atoms with Crippen LogP contribution in [-0.4, -0.2) is 60.8 Å². The molecule has 7 heteroatoms. The molecule has 6 nitrogen and oxygen atoms in total. The zero-order chi connectivity index (χ0) is 21.3. The molecule has 0 aliphatic carbocycles. The van der Waals surface area contributed by atoms with Gasteiger partial charge in [-0.3, -0.25) is 0 Å². The molecule has 2 amide bonds. The number of benzene rings is 2. The molecule has 2 saturated heterocycles. The summed E-state index contributed by atoms with van der Waals surface area (Å²) in [5.41, 5.74) is 3.37. The molecule has 2 aliphatic heterocycles. The number of hydrogen-bond donors (Lipinski definition) is 0. The number of piperidine rings is 1. The third kappa shape index (κ3) is 4.23. The maximum atomic E-state index is 12.9. The van der Waals surface area contributed by atoms with Gasteiger partial charge in [-0.1, -0.05) is 47.5 Å². The number of hydrogen-bond acceptors (Lipinski definition) is 3. The van der Waals surface area contributed by atoms with E-state index in [-0.39, 0.29) is 12.1 Å². The number of carbonyl (C=O) groups excluding carboxylic acids is 1. The molecule has 2 aliphatic rings. The van der Waals surface area contributed by atoms with Crippen molar-refractivity contribution in [2.75, 3.05) is 26.2 Å². The summed E-state index contributed by atoms with van der Waals surface area (Å²) in [5.74, 6) is 0. The minimum atomic E-state index is -3.48. The van der Waals surface area contributed by atoms with Crippen molar-refractivity contribution in [2.24, 2.45) is 0 Å². The second-order valence-corrected chi connectivity index (χ2v) is 10.3. The van der Waals surface area contributed by atoms with Gasteiger partial charge >= 0.3 is 6.03 Å². The minimum Gasteiger partial charge on any atom is -0.320 e. The van der Waals surface area contributed by atoms with Crippen molar-refractivity contribution in [2.45, 2.75) is 44.2 Å². The predicted octanol–water partition coefficient (Wildman–Crippen LogP) is 3.39. The lowest BCUT2D eigenvalue weighted by molar-refractivity contribution is 0.153. The fourth-order valence-electron chi connectivity index (χ4n) is 4.37. The maximum Gasteiger partial charge on any atom is 0.320 e. The second kappa shape index (κ2) is 8.40. The Morgan fingerprint density at radius 2 is 1.60 bits per heavy atom. The van der Waals surface area contributed by atoms with Gasteiger partial charge in [0.2, 0.25) is 10.0 Å². The van der Waals surface area contributed by atoms with Crippen molar-refractivity contribution in [3.8, 4) is 0 Å². The SMILES string of the molecule is Cc1ccc(S(=O)(=O)N2CCC(N3CCN(Cc4cccc(C)c4)C3=O)CC2)cc1. The molecule has 2 heterocycles. The van der Waals surface area contributed by atoms with Crippen LogP contribution in [0.2, 0.25) is 0 Å². The van der Waals surface area contributed by atoms with E-state index in [1.165, 1.54) is 5.56 Å². The summed E-state index contributed by atoms with van der Waals surface area (Å²) < 4.78 is 27.4. The van der Waals surface area contributed by atoms with Crippen LogP contribution in [-0.2, 0) is 16.6 Å². The van der Waals surface area contributed by atoms with Crippen LogP contribution in [0, 0.1) is 13.8 Å². The first kappa shape index (κ1) is 20.9. The third-order valence-electron chi connectivity index (χ3n) is 6.11. The van der Waals surface area contributed by atoms with Crippen LogP contribution in [0.5, 0.6) is 0 Å². The Morgan fingerprint density at radius 1 is 0.900 bits per heavy atom. The molecule has 0 radical (unpaired) electrons. The van der Waals surface area contributed by atoms with E-state index in [9.17, 15) is 13.2 Å².